The maximum Gasteiger partial charge on any atom is 0.113 e. The Labute approximate surface area is 54.6 Å². The fraction of sp³-hybridized carbons (Fsp3) is 0.333. The van der Waals surface area contributed by atoms with Gasteiger partial charge in [0.05, 0.1) is 6.61 Å². The third-order valence-corrected chi connectivity index (χ3v) is 0.964. The first kappa shape index (κ1) is 6.16. The Kier molecular flexibility index (Phi) is 2.15. The van der Waals surface area contributed by atoms with E-state index in [0.717, 1.165) is 6.67 Å². The minimum Gasteiger partial charge on any atom is -0.371 e. The van der Waals surface area contributed by atoms with Crippen molar-refractivity contribution in [3.63, 3.8) is 0 Å². The first-order chi connectivity index (χ1) is 4.43. The minimum atomic E-state index is 0.562. The van der Waals surface area contributed by atoms with E-state index >= 15 is 0 Å². The SMILES string of the molecule is C=CCON1C=CNC1. The fourth-order valence-electron chi connectivity index (χ4n) is 0.568. The summed E-state index contributed by atoms with van der Waals surface area (Å²) in [5.41, 5.74) is 0. The molecule has 0 bridgehead atoms. The quantitative estimate of drug-likeness (QED) is 0.555. The van der Waals surface area contributed by atoms with E-state index in [9.17, 15) is 0 Å². The average Bonchev–Trinajstić information content (AvgIpc) is 2.34. The third kappa shape index (κ3) is 1.77. The van der Waals surface area contributed by atoms with Crippen LogP contribution in [0.2, 0.25) is 0 Å². The molecule has 0 spiro atoms. The minimum absolute atomic E-state index is 0.562. The van der Waals surface area contributed by atoms with Crippen LogP contribution in [0.25, 0.3) is 0 Å². The van der Waals surface area contributed by atoms with Crippen LogP contribution >= 0.6 is 0 Å². The highest BCUT2D eigenvalue weighted by atomic mass is 16.7. The Hall–Kier alpha value is -0.960. The van der Waals surface area contributed by atoms with Crippen molar-refractivity contribution in [2.45, 2.75) is 0 Å². The first-order valence-corrected chi connectivity index (χ1v) is 2.84. The van der Waals surface area contributed by atoms with Gasteiger partial charge < -0.3 is 5.32 Å². The summed E-state index contributed by atoms with van der Waals surface area (Å²) in [5, 5.41) is 4.68. The molecule has 50 valence electrons. The van der Waals surface area contributed by atoms with Crippen LogP contribution in [0.5, 0.6) is 0 Å². The molecule has 3 heteroatoms. The molecule has 0 aromatic carbocycles. The van der Waals surface area contributed by atoms with Crippen LogP contribution in [-0.2, 0) is 4.84 Å². The van der Waals surface area contributed by atoms with Gasteiger partial charge >= 0.3 is 0 Å². The molecule has 1 N–H and O–H groups in total. The summed E-state index contributed by atoms with van der Waals surface area (Å²) in [6, 6.07) is 0. The van der Waals surface area contributed by atoms with Crippen LogP contribution in [0.4, 0.5) is 0 Å². The molecule has 1 heterocycles. The van der Waals surface area contributed by atoms with Gasteiger partial charge in [-0.15, -0.1) is 6.58 Å². The van der Waals surface area contributed by atoms with Gasteiger partial charge in [-0.1, -0.05) is 6.08 Å². The van der Waals surface area contributed by atoms with Gasteiger partial charge in [0, 0.05) is 12.4 Å². The van der Waals surface area contributed by atoms with Crippen molar-refractivity contribution in [1.82, 2.24) is 10.4 Å². The normalized spacial score (nSPS) is 15.8. The van der Waals surface area contributed by atoms with Gasteiger partial charge in [-0.25, -0.2) is 5.06 Å². The zero-order valence-electron chi connectivity index (χ0n) is 5.21. The van der Waals surface area contributed by atoms with E-state index in [4.69, 9.17) is 4.84 Å². The van der Waals surface area contributed by atoms with Gasteiger partial charge in [-0.05, 0) is 0 Å². The Morgan fingerprint density at radius 3 is 3.33 bits per heavy atom. The van der Waals surface area contributed by atoms with Gasteiger partial charge in [0.15, 0.2) is 0 Å². The van der Waals surface area contributed by atoms with Crippen LogP contribution in [0.1, 0.15) is 0 Å². The molecule has 9 heavy (non-hydrogen) atoms. The van der Waals surface area contributed by atoms with E-state index in [2.05, 4.69) is 11.9 Å². The van der Waals surface area contributed by atoms with E-state index in [-0.39, 0.29) is 0 Å². The van der Waals surface area contributed by atoms with Crippen molar-refractivity contribution in [1.29, 1.82) is 0 Å². The molecule has 0 amide bonds. The van der Waals surface area contributed by atoms with Crippen LogP contribution in [-0.4, -0.2) is 18.3 Å². The molecule has 0 fully saturated rings. The molecular formula is C6H10N2O. The lowest BCUT2D eigenvalue weighted by Gasteiger charge is -2.11. The van der Waals surface area contributed by atoms with E-state index in [1.807, 2.05) is 12.4 Å². The molecule has 0 radical (unpaired) electrons. The summed E-state index contributed by atoms with van der Waals surface area (Å²) in [7, 11) is 0. The Balaban J connectivity index is 2.12. The molecule has 1 aliphatic rings. The van der Waals surface area contributed by atoms with Crippen LogP contribution in [0, 0.1) is 0 Å². The third-order valence-electron chi connectivity index (χ3n) is 0.964. The number of rotatable bonds is 3. The highest BCUT2D eigenvalue weighted by Crippen LogP contribution is 1.94. The van der Waals surface area contributed by atoms with E-state index in [1.165, 1.54) is 0 Å². The number of nitrogens with zero attached hydrogens (tertiary/aromatic N) is 1. The lowest BCUT2D eigenvalue weighted by Crippen LogP contribution is -2.20. The van der Waals surface area contributed by atoms with Gasteiger partial charge in [-0.3, -0.25) is 4.84 Å². The standard InChI is InChI=1S/C6H10N2O/c1-2-5-9-8-4-3-7-6-8/h2-4,7H,1,5-6H2. The van der Waals surface area contributed by atoms with E-state index < -0.39 is 0 Å². The molecule has 0 aliphatic carbocycles. The summed E-state index contributed by atoms with van der Waals surface area (Å²) in [6.07, 6.45) is 5.39. The predicted molar refractivity (Wildman–Crippen MR) is 35.1 cm³/mol. The maximum atomic E-state index is 5.12. The van der Waals surface area contributed by atoms with Crippen molar-refractivity contribution in [3.05, 3.63) is 25.1 Å². The molecule has 1 rings (SSSR count). The zero-order chi connectivity index (χ0) is 6.53. The van der Waals surface area contributed by atoms with Crippen molar-refractivity contribution < 1.29 is 4.84 Å². The second-order valence-electron chi connectivity index (χ2n) is 1.68. The maximum absolute atomic E-state index is 5.12. The molecule has 0 saturated heterocycles. The van der Waals surface area contributed by atoms with Crippen molar-refractivity contribution in [2.24, 2.45) is 0 Å². The molecule has 0 aromatic rings. The van der Waals surface area contributed by atoms with Gasteiger partial charge in [0.2, 0.25) is 0 Å². The highest BCUT2D eigenvalue weighted by molar-refractivity contribution is 4.82. The van der Waals surface area contributed by atoms with Crippen LogP contribution in [0.15, 0.2) is 25.1 Å². The molecular weight excluding hydrogens is 116 g/mol. The number of hydroxylamine groups is 2. The highest BCUT2D eigenvalue weighted by Gasteiger charge is 1.99. The Bertz CT molecular complexity index is 122. The summed E-state index contributed by atoms with van der Waals surface area (Å²) < 4.78 is 0. The molecule has 0 atom stereocenters. The zero-order valence-corrected chi connectivity index (χ0v) is 5.21. The Morgan fingerprint density at radius 1 is 1.89 bits per heavy atom. The summed E-state index contributed by atoms with van der Waals surface area (Å²) >= 11 is 0. The summed E-state index contributed by atoms with van der Waals surface area (Å²) in [5.74, 6) is 0. The van der Waals surface area contributed by atoms with Crippen LogP contribution < -0.4 is 5.32 Å². The van der Waals surface area contributed by atoms with Crippen molar-refractivity contribution in [2.75, 3.05) is 13.3 Å². The molecule has 0 aromatic heterocycles. The monoisotopic (exact) mass is 126 g/mol. The topological polar surface area (TPSA) is 24.5 Å². The van der Waals surface area contributed by atoms with Gasteiger partial charge in [0.25, 0.3) is 0 Å². The molecule has 0 unspecified atom stereocenters. The van der Waals surface area contributed by atoms with Gasteiger partial charge in [-0.2, -0.15) is 0 Å². The fourth-order valence-corrected chi connectivity index (χ4v) is 0.568. The lowest BCUT2D eigenvalue weighted by molar-refractivity contribution is -0.102. The smallest absolute Gasteiger partial charge is 0.113 e. The van der Waals surface area contributed by atoms with E-state index in [1.54, 1.807) is 11.1 Å². The first-order valence-electron chi connectivity index (χ1n) is 2.84. The number of hydrogen-bond donors (Lipinski definition) is 1. The second-order valence-corrected chi connectivity index (χ2v) is 1.68. The number of nitrogens with one attached hydrogen (secondary N) is 1. The van der Waals surface area contributed by atoms with Crippen molar-refractivity contribution >= 4 is 0 Å². The molecule has 0 saturated carbocycles. The number of hydrogen-bond acceptors (Lipinski definition) is 3. The summed E-state index contributed by atoms with van der Waals surface area (Å²) in [4.78, 5) is 5.12. The van der Waals surface area contributed by atoms with E-state index in [0.29, 0.717) is 6.61 Å². The Morgan fingerprint density at radius 2 is 2.78 bits per heavy atom. The second kappa shape index (κ2) is 3.14. The lowest BCUT2D eigenvalue weighted by atomic mass is 10.7. The van der Waals surface area contributed by atoms with Gasteiger partial charge in [0.1, 0.15) is 6.67 Å². The largest absolute Gasteiger partial charge is 0.371 e. The summed E-state index contributed by atoms with van der Waals surface area (Å²) in [6.45, 7) is 4.82. The molecule has 3 nitrogen and oxygen atoms in total. The van der Waals surface area contributed by atoms with Crippen molar-refractivity contribution in [3.8, 4) is 0 Å². The molecule has 1 aliphatic heterocycles. The predicted octanol–water partition coefficient (Wildman–Crippen LogP) is 0.438. The average molecular weight is 126 g/mol. The van der Waals surface area contributed by atoms with Crippen LogP contribution in [0.3, 0.4) is 0 Å².